The van der Waals surface area contributed by atoms with Crippen LogP contribution < -0.4 is 20.1 Å². The van der Waals surface area contributed by atoms with Crippen molar-refractivity contribution in [3.05, 3.63) is 59.9 Å². The zero-order chi connectivity index (χ0) is 23.4. The number of alkyl halides is 3. The fourth-order valence-electron chi connectivity index (χ4n) is 2.52. The predicted molar refractivity (Wildman–Crippen MR) is 122 cm³/mol. The maximum absolute atomic E-state index is 13.4. The Morgan fingerprint density at radius 2 is 1.59 bits per heavy atom. The van der Waals surface area contributed by atoms with Gasteiger partial charge in [0.15, 0.2) is 5.60 Å². The van der Waals surface area contributed by atoms with Gasteiger partial charge in [0.1, 0.15) is 23.7 Å². The van der Waals surface area contributed by atoms with Crippen LogP contribution in [0, 0.1) is 0 Å². The quantitative estimate of drug-likeness (QED) is 0.313. The molecule has 0 atom stereocenters. The Hall–Kier alpha value is -2.69. The van der Waals surface area contributed by atoms with E-state index in [4.69, 9.17) is 16.3 Å². The van der Waals surface area contributed by atoms with Crippen LogP contribution in [0.25, 0.3) is 0 Å². The smallest absolute Gasteiger partial charge is 0.427 e. The number of hydrogen-bond acceptors (Lipinski definition) is 7. The maximum atomic E-state index is 13.4. The van der Waals surface area contributed by atoms with E-state index in [0.29, 0.717) is 22.3 Å². The minimum atomic E-state index is -4.55. The van der Waals surface area contributed by atoms with Gasteiger partial charge in [-0.2, -0.15) is 13.2 Å². The van der Waals surface area contributed by atoms with Gasteiger partial charge in [-0.3, -0.25) is 4.72 Å². The third kappa shape index (κ3) is 6.18. The van der Waals surface area contributed by atoms with Gasteiger partial charge in [-0.15, -0.1) is 0 Å². The van der Waals surface area contributed by atoms with Crippen LogP contribution in [0.5, 0.6) is 5.75 Å². The van der Waals surface area contributed by atoms with Crippen LogP contribution in [0.1, 0.15) is 13.8 Å². The van der Waals surface area contributed by atoms with Crippen molar-refractivity contribution < 1.29 is 17.9 Å². The molecule has 0 aliphatic carbocycles. The second-order valence-corrected chi connectivity index (χ2v) is 8.64. The summed E-state index contributed by atoms with van der Waals surface area (Å²) in [6.07, 6.45) is -3.21. The molecule has 2 aromatic carbocycles. The number of ether oxygens (including phenoxy) is 1. The first-order chi connectivity index (χ1) is 15.1. The Kier molecular flexibility index (Phi) is 7.37. The lowest BCUT2D eigenvalue weighted by Gasteiger charge is -2.30. The van der Waals surface area contributed by atoms with Gasteiger partial charge >= 0.3 is 6.18 Å². The van der Waals surface area contributed by atoms with Crippen molar-refractivity contribution in [2.45, 2.75) is 30.5 Å². The minimum Gasteiger partial charge on any atom is -0.476 e. The molecule has 11 heteroatoms. The van der Waals surface area contributed by atoms with Crippen LogP contribution in [0.15, 0.2) is 59.8 Å². The minimum absolute atomic E-state index is 0.0404. The molecule has 3 aromatic rings. The fraction of sp³-hybridized carbons (Fsp3) is 0.238. The number of rotatable bonds is 8. The van der Waals surface area contributed by atoms with Gasteiger partial charge in [0.2, 0.25) is 0 Å². The summed E-state index contributed by atoms with van der Waals surface area (Å²) < 4.78 is 48.4. The van der Waals surface area contributed by atoms with E-state index in [2.05, 4.69) is 25.3 Å². The van der Waals surface area contributed by atoms with Crippen LogP contribution in [-0.4, -0.2) is 28.8 Å². The van der Waals surface area contributed by atoms with E-state index in [-0.39, 0.29) is 5.75 Å². The first-order valence-electron chi connectivity index (χ1n) is 9.42. The Balaban J connectivity index is 1.88. The first kappa shape index (κ1) is 24.0. The van der Waals surface area contributed by atoms with Crippen molar-refractivity contribution in [2.24, 2.45) is 0 Å². The standard InChI is InChI=1S/C21H21ClF3N5OS/c1-20(2,21(23,24)25)31-17-9-8-15(32-26-3)10-16(17)30-19-11-18(27-12-28-19)29-14-6-4-13(22)5-7-14/h4-12,26H,1-3H3,(H2,27,28,29,30). The van der Waals surface area contributed by atoms with E-state index in [1.807, 2.05) is 0 Å². The first-order valence-corrected chi connectivity index (χ1v) is 10.6. The van der Waals surface area contributed by atoms with E-state index < -0.39 is 11.8 Å². The summed E-state index contributed by atoms with van der Waals surface area (Å²) in [5.41, 5.74) is -1.28. The normalized spacial score (nSPS) is 11.8. The molecule has 0 spiro atoms. The lowest BCUT2D eigenvalue weighted by molar-refractivity contribution is -0.234. The second-order valence-electron chi connectivity index (χ2n) is 7.12. The van der Waals surface area contributed by atoms with Crippen LogP contribution >= 0.6 is 23.5 Å². The van der Waals surface area contributed by atoms with Crippen LogP contribution in [-0.2, 0) is 0 Å². The molecule has 1 heterocycles. The maximum Gasteiger partial charge on any atom is 0.427 e. The molecule has 0 aliphatic heterocycles. The number of aromatic nitrogens is 2. The molecule has 0 fully saturated rings. The Morgan fingerprint density at radius 3 is 2.22 bits per heavy atom. The van der Waals surface area contributed by atoms with Crippen molar-refractivity contribution >= 4 is 46.6 Å². The zero-order valence-corrected chi connectivity index (χ0v) is 19.0. The highest BCUT2D eigenvalue weighted by Crippen LogP contribution is 2.39. The molecular formula is C21H21ClF3N5OS. The summed E-state index contributed by atoms with van der Waals surface area (Å²) in [5.74, 6) is 0.903. The highest BCUT2D eigenvalue weighted by atomic mass is 35.5. The Bertz CT molecular complexity index is 1060. The average Bonchev–Trinajstić information content (AvgIpc) is 2.71. The molecule has 0 amide bonds. The summed E-state index contributed by atoms with van der Waals surface area (Å²) in [7, 11) is 1.74. The number of halogens is 4. The summed E-state index contributed by atoms with van der Waals surface area (Å²) in [6, 6.07) is 13.5. The van der Waals surface area contributed by atoms with Gasteiger partial charge in [0, 0.05) is 21.7 Å². The lowest BCUT2D eigenvalue weighted by Crippen LogP contribution is -2.44. The Morgan fingerprint density at radius 1 is 0.938 bits per heavy atom. The van der Waals surface area contributed by atoms with E-state index in [9.17, 15) is 13.2 Å². The number of benzene rings is 2. The molecule has 1 aromatic heterocycles. The Labute approximate surface area is 193 Å². The third-order valence-corrected chi connectivity index (χ3v) is 5.21. The van der Waals surface area contributed by atoms with Crippen LogP contribution in [0.2, 0.25) is 5.02 Å². The SMILES string of the molecule is CNSc1ccc(OC(C)(C)C(F)(F)F)c(Nc2cc(Nc3ccc(Cl)cc3)ncn2)c1. The van der Waals surface area contributed by atoms with Crippen molar-refractivity contribution in [2.75, 3.05) is 17.7 Å². The molecule has 3 N–H and O–H groups in total. The second kappa shape index (κ2) is 9.85. The molecule has 0 saturated heterocycles. The summed E-state index contributed by atoms with van der Waals surface area (Å²) in [6.45, 7) is 1.96. The summed E-state index contributed by atoms with van der Waals surface area (Å²) in [5, 5.41) is 6.76. The van der Waals surface area contributed by atoms with Crippen LogP contribution in [0.3, 0.4) is 0 Å². The molecule has 3 rings (SSSR count). The average molecular weight is 484 g/mol. The summed E-state index contributed by atoms with van der Waals surface area (Å²) in [4.78, 5) is 9.12. The topological polar surface area (TPSA) is 71.1 Å². The number of anilines is 4. The number of nitrogens with one attached hydrogen (secondary N) is 3. The highest BCUT2D eigenvalue weighted by molar-refractivity contribution is 7.97. The van der Waals surface area contributed by atoms with E-state index in [0.717, 1.165) is 24.4 Å². The molecule has 0 saturated carbocycles. The lowest BCUT2D eigenvalue weighted by atomic mass is 10.1. The number of hydrogen-bond donors (Lipinski definition) is 3. The number of nitrogens with zero attached hydrogens (tertiary/aromatic N) is 2. The van der Waals surface area contributed by atoms with Crippen molar-refractivity contribution in [1.82, 2.24) is 14.7 Å². The van der Waals surface area contributed by atoms with Gasteiger partial charge in [0.25, 0.3) is 0 Å². The van der Waals surface area contributed by atoms with E-state index in [1.54, 1.807) is 49.5 Å². The molecule has 0 radical (unpaired) electrons. The predicted octanol–water partition coefficient (Wildman–Crippen LogP) is 6.56. The summed E-state index contributed by atoms with van der Waals surface area (Å²) >= 11 is 7.22. The van der Waals surface area contributed by atoms with Gasteiger partial charge in [-0.05, 0) is 75.3 Å². The van der Waals surface area contributed by atoms with Gasteiger partial charge in [0.05, 0.1) is 5.69 Å². The van der Waals surface area contributed by atoms with Crippen molar-refractivity contribution in [3.63, 3.8) is 0 Å². The fourth-order valence-corrected chi connectivity index (χ4v) is 3.20. The van der Waals surface area contributed by atoms with Crippen LogP contribution in [0.4, 0.5) is 36.2 Å². The monoisotopic (exact) mass is 483 g/mol. The largest absolute Gasteiger partial charge is 0.476 e. The van der Waals surface area contributed by atoms with Crippen molar-refractivity contribution in [1.29, 1.82) is 0 Å². The van der Waals surface area contributed by atoms with Gasteiger partial charge < -0.3 is 15.4 Å². The zero-order valence-electron chi connectivity index (χ0n) is 17.4. The molecule has 6 nitrogen and oxygen atoms in total. The molecular weight excluding hydrogens is 463 g/mol. The highest BCUT2D eigenvalue weighted by Gasteiger charge is 2.50. The molecule has 0 unspecified atom stereocenters. The molecule has 0 aliphatic rings. The van der Waals surface area contributed by atoms with E-state index >= 15 is 0 Å². The molecule has 32 heavy (non-hydrogen) atoms. The van der Waals surface area contributed by atoms with Crippen molar-refractivity contribution in [3.8, 4) is 5.75 Å². The molecule has 0 bridgehead atoms. The van der Waals surface area contributed by atoms with Gasteiger partial charge in [-0.25, -0.2) is 9.97 Å². The third-order valence-electron chi connectivity index (χ3n) is 4.27. The molecule has 170 valence electrons. The van der Waals surface area contributed by atoms with E-state index in [1.165, 1.54) is 24.3 Å². The van der Waals surface area contributed by atoms with Gasteiger partial charge in [-0.1, -0.05) is 11.6 Å².